The van der Waals surface area contributed by atoms with Gasteiger partial charge in [0.25, 0.3) is 0 Å². The van der Waals surface area contributed by atoms with Crippen LogP contribution in [0.15, 0.2) is 0 Å². The Morgan fingerprint density at radius 3 is 2.43 bits per heavy atom. The molecule has 0 aliphatic heterocycles. The number of rotatable bonds is 5. The molecule has 0 aromatic rings. The van der Waals surface area contributed by atoms with E-state index in [0.29, 0.717) is 12.5 Å². The second-order valence-corrected chi connectivity index (χ2v) is 5.97. The Morgan fingerprint density at radius 2 is 2.00 bits per heavy atom. The minimum Gasteiger partial charge on any atom is -0.354 e. The van der Waals surface area contributed by atoms with Crippen molar-refractivity contribution in [2.24, 2.45) is 5.41 Å². The number of amides is 1. The number of carbonyl (C=O) groups excluding carboxylic acids is 1. The summed E-state index contributed by atoms with van der Waals surface area (Å²) in [7, 11) is 0. The van der Waals surface area contributed by atoms with Crippen LogP contribution in [0.4, 0.5) is 0 Å². The van der Waals surface area contributed by atoms with Crippen molar-refractivity contribution in [1.82, 2.24) is 5.32 Å². The lowest BCUT2D eigenvalue weighted by Crippen LogP contribution is -2.35. The number of hydrogen-bond donors (Lipinski definition) is 1. The molecule has 0 heterocycles. The third-order valence-corrected chi connectivity index (χ3v) is 2.50. The molecule has 0 aromatic carbocycles. The Morgan fingerprint density at radius 1 is 1.43 bits per heavy atom. The summed E-state index contributed by atoms with van der Waals surface area (Å²) >= 11 is 1.82. The van der Waals surface area contributed by atoms with Crippen molar-refractivity contribution >= 4 is 17.7 Å². The van der Waals surface area contributed by atoms with Gasteiger partial charge in [-0.3, -0.25) is 4.79 Å². The van der Waals surface area contributed by atoms with Crippen LogP contribution < -0.4 is 5.32 Å². The fourth-order valence-corrected chi connectivity index (χ4v) is 1.76. The predicted molar refractivity (Wildman–Crippen MR) is 64.7 cm³/mol. The van der Waals surface area contributed by atoms with Crippen LogP contribution in [-0.4, -0.2) is 24.0 Å². The molecule has 0 saturated heterocycles. The zero-order valence-corrected chi connectivity index (χ0v) is 10.8. The van der Waals surface area contributed by atoms with Crippen LogP contribution in [-0.2, 0) is 4.79 Å². The van der Waals surface area contributed by atoms with Gasteiger partial charge in [-0.2, -0.15) is 11.8 Å². The topological polar surface area (TPSA) is 29.1 Å². The highest BCUT2D eigenvalue weighted by molar-refractivity contribution is 7.98. The van der Waals surface area contributed by atoms with Gasteiger partial charge in [-0.15, -0.1) is 0 Å². The molecule has 0 radical (unpaired) electrons. The largest absolute Gasteiger partial charge is 0.354 e. The molecule has 0 aromatic heterocycles. The lowest BCUT2D eigenvalue weighted by molar-refractivity contribution is -0.123. The fraction of sp³-hybridized carbons (Fsp3) is 0.909. The van der Waals surface area contributed by atoms with E-state index in [9.17, 15) is 4.79 Å². The summed E-state index contributed by atoms with van der Waals surface area (Å²) in [5.41, 5.74) is 0.0866. The van der Waals surface area contributed by atoms with E-state index in [1.54, 1.807) is 0 Å². The number of thioether (sulfide) groups is 1. The van der Waals surface area contributed by atoms with Crippen molar-refractivity contribution in [2.45, 2.75) is 46.6 Å². The molecule has 0 bridgehead atoms. The van der Waals surface area contributed by atoms with E-state index in [1.807, 2.05) is 11.8 Å². The maximum Gasteiger partial charge on any atom is 0.220 e. The van der Waals surface area contributed by atoms with Gasteiger partial charge in [0.15, 0.2) is 0 Å². The van der Waals surface area contributed by atoms with Crippen LogP contribution in [0.3, 0.4) is 0 Å². The highest BCUT2D eigenvalue weighted by Gasteiger charge is 2.16. The highest BCUT2D eigenvalue weighted by Crippen LogP contribution is 2.18. The molecule has 0 fully saturated rings. The summed E-state index contributed by atoms with van der Waals surface area (Å²) in [5, 5.41) is 3.02. The Kier molecular flexibility index (Phi) is 6.25. The Bertz CT molecular complexity index is 175. The van der Waals surface area contributed by atoms with E-state index in [2.05, 4.69) is 39.3 Å². The second kappa shape index (κ2) is 6.33. The van der Waals surface area contributed by atoms with Crippen molar-refractivity contribution in [1.29, 1.82) is 0 Å². The molecule has 1 unspecified atom stereocenters. The van der Waals surface area contributed by atoms with Gasteiger partial charge < -0.3 is 5.32 Å². The van der Waals surface area contributed by atoms with Gasteiger partial charge in [0.1, 0.15) is 0 Å². The van der Waals surface area contributed by atoms with Crippen molar-refractivity contribution in [3.8, 4) is 0 Å². The normalized spacial score (nSPS) is 13.8. The molecule has 1 N–H and O–H groups in total. The highest BCUT2D eigenvalue weighted by atomic mass is 32.2. The maximum atomic E-state index is 11.5. The van der Waals surface area contributed by atoms with Crippen LogP contribution >= 0.6 is 11.8 Å². The molecule has 0 saturated carbocycles. The van der Waals surface area contributed by atoms with Gasteiger partial charge in [0.2, 0.25) is 5.91 Å². The minimum absolute atomic E-state index is 0.0866. The monoisotopic (exact) mass is 217 g/mol. The SMILES string of the molecule is CSCCC(C)NC(=O)CC(C)(C)C. The summed E-state index contributed by atoms with van der Waals surface area (Å²) < 4.78 is 0. The quantitative estimate of drug-likeness (QED) is 0.767. The number of nitrogens with one attached hydrogen (secondary N) is 1. The van der Waals surface area contributed by atoms with Crippen molar-refractivity contribution in [3.63, 3.8) is 0 Å². The average Bonchev–Trinajstić information content (AvgIpc) is 1.96. The third kappa shape index (κ3) is 8.42. The van der Waals surface area contributed by atoms with Crippen LogP contribution in [0, 0.1) is 5.41 Å². The van der Waals surface area contributed by atoms with Crippen LogP contribution in [0.1, 0.15) is 40.5 Å². The summed E-state index contributed by atoms with van der Waals surface area (Å²) in [4.78, 5) is 11.5. The molecule has 3 heteroatoms. The standard InChI is InChI=1S/C11H23NOS/c1-9(6-7-14-5)12-10(13)8-11(2,3)4/h9H,6-8H2,1-5H3,(H,12,13). The molecule has 14 heavy (non-hydrogen) atoms. The van der Waals surface area contributed by atoms with E-state index < -0.39 is 0 Å². The first-order valence-electron chi connectivity index (χ1n) is 5.13. The predicted octanol–water partition coefficient (Wildman–Crippen LogP) is 2.68. The van der Waals surface area contributed by atoms with E-state index in [0.717, 1.165) is 12.2 Å². The summed E-state index contributed by atoms with van der Waals surface area (Å²) in [6, 6.07) is 0.303. The second-order valence-electron chi connectivity index (χ2n) is 4.99. The molecule has 2 nitrogen and oxygen atoms in total. The zero-order chi connectivity index (χ0) is 11.2. The van der Waals surface area contributed by atoms with Gasteiger partial charge in [-0.25, -0.2) is 0 Å². The summed E-state index contributed by atoms with van der Waals surface area (Å²) in [6.45, 7) is 8.31. The van der Waals surface area contributed by atoms with Crippen LogP contribution in [0.2, 0.25) is 0 Å². The van der Waals surface area contributed by atoms with Gasteiger partial charge in [0.05, 0.1) is 0 Å². The van der Waals surface area contributed by atoms with Gasteiger partial charge in [-0.1, -0.05) is 20.8 Å². The first kappa shape index (κ1) is 13.8. The van der Waals surface area contributed by atoms with E-state index in [1.165, 1.54) is 0 Å². The Hall–Kier alpha value is -0.180. The summed E-state index contributed by atoms with van der Waals surface area (Å²) in [6.07, 6.45) is 3.75. The number of hydrogen-bond acceptors (Lipinski definition) is 2. The maximum absolute atomic E-state index is 11.5. The minimum atomic E-state index is 0.0866. The molecule has 1 amide bonds. The molecule has 0 aliphatic rings. The lowest BCUT2D eigenvalue weighted by Gasteiger charge is -2.19. The van der Waals surface area contributed by atoms with E-state index in [4.69, 9.17) is 0 Å². The first-order chi connectivity index (χ1) is 6.35. The van der Waals surface area contributed by atoms with Crippen LogP contribution in [0.25, 0.3) is 0 Å². The molecule has 0 aliphatic carbocycles. The van der Waals surface area contributed by atoms with E-state index in [-0.39, 0.29) is 11.3 Å². The average molecular weight is 217 g/mol. The smallest absolute Gasteiger partial charge is 0.220 e. The van der Waals surface area contributed by atoms with Crippen molar-refractivity contribution in [3.05, 3.63) is 0 Å². The molecular weight excluding hydrogens is 194 g/mol. The Balaban J connectivity index is 3.71. The fourth-order valence-electron chi connectivity index (χ4n) is 1.17. The van der Waals surface area contributed by atoms with Crippen molar-refractivity contribution < 1.29 is 4.79 Å². The van der Waals surface area contributed by atoms with Gasteiger partial charge in [0, 0.05) is 12.5 Å². The molecule has 1 atom stereocenters. The van der Waals surface area contributed by atoms with Gasteiger partial charge >= 0.3 is 0 Å². The molecular formula is C11H23NOS. The lowest BCUT2D eigenvalue weighted by atomic mass is 9.92. The molecule has 84 valence electrons. The van der Waals surface area contributed by atoms with Crippen molar-refractivity contribution in [2.75, 3.05) is 12.0 Å². The zero-order valence-electron chi connectivity index (χ0n) is 10.0. The van der Waals surface area contributed by atoms with E-state index >= 15 is 0 Å². The third-order valence-electron chi connectivity index (χ3n) is 1.85. The molecule has 0 rings (SSSR count). The first-order valence-corrected chi connectivity index (χ1v) is 6.53. The Labute approximate surface area is 92.2 Å². The summed E-state index contributed by atoms with van der Waals surface area (Å²) in [5.74, 6) is 1.28. The molecule has 0 spiro atoms. The van der Waals surface area contributed by atoms with Crippen LogP contribution in [0.5, 0.6) is 0 Å². The van der Waals surface area contributed by atoms with Gasteiger partial charge in [-0.05, 0) is 30.8 Å². The number of carbonyl (C=O) groups is 1.